The summed E-state index contributed by atoms with van der Waals surface area (Å²) in [6.45, 7) is 4.41. The fourth-order valence-electron chi connectivity index (χ4n) is 1.83. The van der Waals surface area contributed by atoms with Gasteiger partial charge in [0.2, 0.25) is 0 Å². The van der Waals surface area contributed by atoms with Gasteiger partial charge in [0.1, 0.15) is 12.4 Å². The van der Waals surface area contributed by atoms with E-state index in [0.29, 0.717) is 6.61 Å². The Morgan fingerprint density at radius 1 is 1.25 bits per heavy atom. The van der Waals surface area contributed by atoms with Crippen molar-refractivity contribution in [2.75, 3.05) is 6.54 Å². The highest BCUT2D eigenvalue weighted by Crippen LogP contribution is 2.15. The fraction of sp³-hybridized carbons (Fsp3) is 0.312. The van der Waals surface area contributed by atoms with Gasteiger partial charge < -0.3 is 10.1 Å². The van der Waals surface area contributed by atoms with Crippen LogP contribution in [0.25, 0.3) is 0 Å². The number of nitrogens with zero attached hydrogens (tertiary/aromatic N) is 1. The van der Waals surface area contributed by atoms with Crippen LogP contribution >= 0.6 is 11.6 Å². The fourth-order valence-corrected chi connectivity index (χ4v) is 2.04. The van der Waals surface area contributed by atoms with Crippen molar-refractivity contribution < 1.29 is 4.74 Å². The molecule has 0 fully saturated rings. The molecule has 0 aliphatic rings. The molecular formula is C16H19ClN2O. The molecule has 0 amide bonds. The van der Waals surface area contributed by atoms with E-state index < -0.39 is 0 Å². The highest BCUT2D eigenvalue weighted by molar-refractivity contribution is 6.30. The highest BCUT2D eigenvalue weighted by Gasteiger charge is 2.00. The highest BCUT2D eigenvalue weighted by atomic mass is 35.5. The zero-order chi connectivity index (χ0) is 14.2. The van der Waals surface area contributed by atoms with Gasteiger partial charge in [-0.2, -0.15) is 0 Å². The lowest BCUT2D eigenvalue weighted by Crippen LogP contribution is -2.14. The second-order valence-corrected chi connectivity index (χ2v) is 5.01. The second kappa shape index (κ2) is 7.88. The molecule has 0 saturated carbocycles. The lowest BCUT2D eigenvalue weighted by Gasteiger charge is -2.08. The van der Waals surface area contributed by atoms with Crippen LogP contribution in [-0.4, -0.2) is 11.5 Å². The molecular weight excluding hydrogens is 272 g/mol. The van der Waals surface area contributed by atoms with Gasteiger partial charge in [-0.1, -0.05) is 30.7 Å². The molecule has 0 spiro atoms. The lowest BCUT2D eigenvalue weighted by molar-refractivity contribution is 0.305. The molecule has 2 aromatic rings. The molecule has 0 saturated heterocycles. The Kier molecular flexibility index (Phi) is 5.84. The van der Waals surface area contributed by atoms with Crippen molar-refractivity contribution in [2.24, 2.45) is 0 Å². The molecule has 0 bridgehead atoms. The topological polar surface area (TPSA) is 34.1 Å². The van der Waals surface area contributed by atoms with Crippen LogP contribution in [0.4, 0.5) is 0 Å². The summed E-state index contributed by atoms with van der Waals surface area (Å²) in [5, 5.41) is 4.05. The van der Waals surface area contributed by atoms with Crippen LogP contribution < -0.4 is 10.1 Å². The summed E-state index contributed by atoms with van der Waals surface area (Å²) in [6, 6.07) is 11.5. The number of nitrogens with one attached hydrogen (secondary N) is 1. The Morgan fingerprint density at radius 2 is 2.15 bits per heavy atom. The third-order valence-corrected chi connectivity index (χ3v) is 3.05. The van der Waals surface area contributed by atoms with Crippen molar-refractivity contribution in [2.45, 2.75) is 26.5 Å². The Hall–Kier alpha value is -1.58. The largest absolute Gasteiger partial charge is 0.489 e. The molecule has 20 heavy (non-hydrogen) atoms. The van der Waals surface area contributed by atoms with Gasteiger partial charge in [0, 0.05) is 23.8 Å². The summed E-state index contributed by atoms with van der Waals surface area (Å²) < 4.78 is 5.77. The third-order valence-electron chi connectivity index (χ3n) is 2.82. The van der Waals surface area contributed by atoms with Crippen LogP contribution in [0.1, 0.15) is 24.6 Å². The summed E-state index contributed by atoms with van der Waals surface area (Å²) in [4.78, 5) is 4.32. The van der Waals surface area contributed by atoms with E-state index in [0.717, 1.165) is 41.5 Å². The Balaban J connectivity index is 1.91. The van der Waals surface area contributed by atoms with Gasteiger partial charge in [0.25, 0.3) is 0 Å². The SMILES string of the molecule is CCCNCc1cc(OCc2cccc(Cl)c2)ccn1. The number of hydrogen-bond acceptors (Lipinski definition) is 3. The zero-order valence-corrected chi connectivity index (χ0v) is 12.4. The molecule has 3 nitrogen and oxygen atoms in total. The van der Waals surface area contributed by atoms with Gasteiger partial charge in [-0.15, -0.1) is 0 Å². The first-order valence-electron chi connectivity index (χ1n) is 6.81. The van der Waals surface area contributed by atoms with E-state index in [1.54, 1.807) is 6.20 Å². The Bertz CT molecular complexity index is 546. The van der Waals surface area contributed by atoms with Gasteiger partial charge in [-0.05, 0) is 36.7 Å². The predicted octanol–water partition coefficient (Wildman–Crippen LogP) is 3.81. The number of pyridine rings is 1. The number of hydrogen-bond donors (Lipinski definition) is 1. The number of aromatic nitrogens is 1. The van der Waals surface area contributed by atoms with Crippen LogP contribution in [0.5, 0.6) is 5.75 Å². The minimum Gasteiger partial charge on any atom is -0.489 e. The van der Waals surface area contributed by atoms with Crippen molar-refractivity contribution >= 4 is 11.6 Å². The molecule has 106 valence electrons. The van der Waals surface area contributed by atoms with Crippen LogP contribution in [0, 0.1) is 0 Å². The summed E-state index contributed by atoms with van der Waals surface area (Å²) in [5.74, 6) is 0.827. The normalized spacial score (nSPS) is 10.5. The van der Waals surface area contributed by atoms with E-state index in [1.807, 2.05) is 36.4 Å². The zero-order valence-electron chi connectivity index (χ0n) is 11.6. The number of rotatable bonds is 7. The molecule has 1 heterocycles. The first-order chi connectivity index (χ1) is 9.78. The molecule has 4 heteroatoms. The minimum absolute atomic E-state index is 0.506. The summed E-state index contributed by atoms with van der Waals surface area (Å²) in [6.07, 6.45) is 2.89. The Morgan fingerprint density at radius 3 is 2.95 bits per heavy atom. The van der Waals surface area contributed by atoms with E-state index in [4.69, 9.17) is 16.3 Å². The van der Waals surface area contributed by atoms with E-state index in [-0.39, 0.29) is 0 Å². The van der Waals surface area contributed by atoms with Crippen LogP contribution in [0.2, 0.25) is 5.02 Å². The molecule has 0 radical (unpaired) electrons. The first kappa shape index (κ1) is 14.8. The minimum atomic E-state index is 0.506. The molecule has 0 aliphatic carbocycles. The maximum atomic E-state index is 5.95. The van der Waals surface area contributed by atoms with Crippen LogP contribution in [-0.2, 0) is 13.2 Å². The average molecular weight is 291 g/mol. The van der Waals surface area contributed by atoms with Gasteiger partial charge in [-0.25, -0.2) is 0 Å². The van der Waals surface area contributed by atoms with E-state index in [2.05, 4.69) is 17.2 Å². The molecule has 0 unspecified atom stereocenters. The van der Waals surface area contributed by atoms with Crippen molar-refractivity contribution in [1.82, 2.24) is 10.3 Å². The average Bonchev–Trinajstić information content (AvgIpc) is 2.46. The molecule has 0 aliphatic heterocycles. The van der Waals surface area contributed by atoms with E-state index in [1.165, 1.54) is 0 Å². The van der Waals surface area contributed by atoms with Crippen molar-refractivity contribution in [1.29, 1.82) is 0 Å². The van der Waals surface area contributed by atoms with Crippen LogP contribution in [0.3, 0.4) is 0 Å². The maximum absolute atomic E-state index is 5.95. The molecule has 1 aromatic heterocycles. The van der Waals surface area contributed by atoms with Crippen LogP contribution in [0.15, 0.2) is 42.6 Å². The molecule has 1 aromatic carbocycles. The summed E-state index contributed by atoms with van der Waals surface area (Å²) in [7, 11) is 0. The number of benzene rings is 1. The molecule has 1 N–H and O–H groups in total. The van der Waals surface area contributed by atoms with Crippen molar-refractivity contribution in [3.05, 3.63) is 58.9 Å². The monoisotopic (exact) mass is 290 g/mol. The van der Waals surface area contributed by atoms with E-state index >= 15 is 0 Å². The van der Waals surface area contributed by atoms with Gasteiger partial charge in [-0.3, -0.25) is 4.98 Å². The van der Waals surface area contributed by atoms with Gasteiger partial charge in [0.05, 0.1) is 5.69 Å². The van der Waals surface area contributed by atoms with Gasteiger partial charge in [0.15, 0.2) is 0 Å². The van der Waals surface area contributed by atoms with Crippen molar-refractivity contribution in [3.63, 3.8) is 0 Å². The summed E-state index contributed by atoms with van der Waals surface area (Å²) in [5.41, 5.74) is 2.04. The maximum Gasteiger partial charge on any atom is 0.123 e. The predicted molar refractivity (Wildman–Crippen MR) is 82.0 cm³/mol. The molecule has 0 atom stereocenters. The molecule has 2 rings (SSSR count). The first-order valence-corrected chi connectivity index (χ1v) is 7.18. The summed E-state index contributed by atoms with van der Waals surface area (Å²) >= 11 is 5.95. The standard InChI is InChI=1S/C16H19ClN2O/c1-2-7-18-11-15-10-16(6-8-19-15)20-12-13-4-3-5-14(17)9-13/h3-6,8-10,18H,2,7,11-12H2,1H3. The van der Waals surface area contributed by atoms with Gasteiger partial charge >= 0.3 is 0 Å². The smallest absolute Gasteiger partial charge is 0.123 e. The van der Waals surface area contributed by atoms with Crippen molar-refractivity contribution in [3.8, 4) is 5.75 Å². The number of ether oxygens (including phenoxy) is 1. The van der Waals surface area contributed by atoms with E-state index in [9.17, 15) is 0 Å². The lowest BCUT2D eigenvalue weighted by atomic mass is 10.2. The number of halogens is 1. The second-order valence-electron chi connectivity index (χ2n) is 4.58. The quantitative estimate of drug-likeness (QED) is 0.787. The Labute approximate surface area is 124 Å². The third kappa shape index (κ3) is 4.83.